The van der Waals surface area contributed by atoms with Crippen molar-refractivity contribution in [3.63, 3.8) is 0 Å². The number of carboxylic acids is 1. The molecule has 0 atom stereocenters. The average molecular weight is 327 g/mol. The quantitative estimate of drug-likeness (QED) is 0.888. The molecule has 1 N–H and O–H groups in total. The van der Waals surface area contributed by atoms with Crippen molar-refractivity contribution in [1.82, 2.24) is 9.13 Å². The summed E-state index contributed by atoms with van der Waals surface area (Å²) in [5, 5.41) is 9.23. The van der Waals surface area contributed by atoms with Crippen LogP contribution in [0.5, 0.6) is 0 Å². The van der Waals surface area contributed by atoms with Gasteiger partial charge in [-0.05, 0) is 11.6 Å². The van der Waals surface area contributed by atoms with Gasteiger partial charge in [0.25, 0.3) is 5.56 Å². The van der Waals surface area contributed by atoms with Crippen LogP contribution in [0.2, 0.25) is 0 Å². The summed E-state index contributed by atoms with van der Waals surface area (Å²) in [6.07, 6.45) is 1.36. The van der Waals surface area contributed by atoms with Gasteiger partial charge in [-0.1, -0.05) is 30.3 Å². The molecule has 0 aliphatic carbocycles. The zero-order valence-electron chi connectivity index (χ0n) is 13.4. The van der Waals surface area contributed by atoms with E-state index in [0.717, 1.165) is 10.1 Å². The van der Waals surface area contributed by atoms with Crippen molar-refractivity contribution >= 4 is 17.9 Å². The topological polar surface area (TPSA) is 84.5 Å². The molecule has 2 heterocycles. The van der Waals surface area contributed by atoms with Crippen LogP contribution in [0, 0.1) is 0 Å². The Hall–Kier alpha value is -3.09. The Labute approximate surface area is 137 Å². The van der Waals surface area contributed by atoms with E-state index in [1.807, 2.05) is 30.3 Å². The van der Waals surface area contributed by atoms with Gasteiger partial charge in [0.2, 0.25) is 0 Å². The minimum Gasteiger partial charge on any atom is -0.478 e. The van der Waals surface area contributed by atoms with Gasteiger partial charge in [0.05, 0.1) is 24.2 Å². The normalized spacial score (nSPS) is 13.4. The van der Waals surface area contributed by atoms with Crippen LogP contribution >= 0.6 is 0 Å². The molecule has 7 nitrogen and oxygen atoms in total. The van der Waals surface area contributed by atoms with Crippen LogP contribution in [0.3, 0.4) is 0 Å². The lowest BCUT2D eigenvalue weighted by molar-refractivity contribution is -0.132. The second-order valence-corrected chi connectivity index (χ2v) is 5.79. The molecule has 1 aromatic carbocycles. The molecule has 3 rings (SSSR count). The Morgan fingerprint density at radius 1 is 1.17 bits per heavy atom. The standard InChI is InChI=1S/C17H17N3O4/c1-18-10-12(16(22)23)8-13-14(18)19(2)17(24)20(15(13)21)9-11-6-4-3-5-7-11/h3-8H,9-10H2,1-2H3,(H,22,23). The Balaban J connectivity index is 2.23. The number of carbonyl (C=O) groups is 1. The van der Waals surface area contributed by atoms with E-state index >= 15 is 0 Å². The van der Waals surface area contributed by atoms with E-state index in [2.05, 4.69) is 0 Å². The maximum Gasteiger partial charge on any atom is 0.333 e. The molecule has 0 unspecified atom stereocenters. The number of anilines is 1. The molecular weight excluding hydrogens is 310 g/mol. The maximum atomic E-state index is 12.8. The number of aromatic nitrogens is 2. The predicted octanol–water partition coefficient (Wildman–Crippen LogP) is 0.513. The number of benzene rings is 1. The molecule has 7 heteroatoms. The molecule has 0 saturated heterocycles. The minimum absolute atomic E-state index is 0.118. The number of carboxylic acid groups (broad SMARTS) is 1. The van der Waals surface area contributed by atoms with Gasteiger partial charge in [0, 0.05) is 14.1 Å². The Morgan fingerprint density at radius 2 is 1.83 bits per heavy atom. The summed E-state index contributed by atoms with van der Waals surface area (Å²) in [7, 11) is 3.24. The van der Waals surface area contributed by atoms with Crippen molar-refractivity contribution in [3.8, 4) is 0 Å². The van der Waals surface area contributed by atoms with Crippen molar-refractivity contribution in [2.24, 2.45) is 7.05 Å². The van der Waals surface area contributed by atoms with Gasteiger partial charge in [0.15, 0.2) is 0 Å². The largest absolute Gasteiger partial charge is 0.478 e. The van der Waals surface area contributed by atoms with Crippen LogP contribution in [0.1, 0.15) is 11.1 Å². The second kappa shape index (κ2) is 5.84. The fraction of sp³-hybridized carbons (Fsp3) is 0.235. The number of nitrogens with zero attached hydrogens (tertiary/aromatic N) is 3. The van der Waals surface area contributed by atoms with E-state index < -0.39 is 17.2 Å². The summed E-state index contributed by atoms with van der Waals surface area (Å²) in [6.45, 7) is 0.275. The van der Waals surface area contributed by atoms with Crippen LogP contribution in [0.4, 0.5) is 5.82 Å². The van der Waals surface area contributed by atoms with E-state index in [1.165, 1.54) is 10.6 Å². The monoisotopic (exact) mass is 327 g/mol. The van der Waals surface area contributed by atoms with E-state index in [4.69, 9.17) is 0 Å². The zero-order valence-corrected chi connectivity index (χ0v) is 13.4. The van der Waals surface area contributed by atoms with Gasteiger partial charge >= 0.3 is 11.7 Å². The average Bonchev–Trinajstić information content (AvgIpc) is 2.57. The molecule has 1 aromatic heterocycles. The summed E-state index contributed by atoms with van der Waals surface area (Å²) >= 11 is 0. The number of hydrogen-bond donors (Lipinski definition) is 1. The molecule has 2 aromatic rings. The molecule has 1 aliphatic rings. The molecule has 0 spiro atoms. The molecule has 24 heavy (non-hydrogen) atoms. The van der Waals surface area contributed by atoms with Crippen molar-refractivity contribution in [3.05, 3.63) is 67.9 Å². The third-order valence-corrected chi connectivity index (χ3v) is 4.10. The van der Waals surface area contributed by atoms with Gasteiger partial charge in [0.1, 0.15) is 5.82 Å². The summed E-state index contributed by atoms with van der Waals surface area (Å²) in [5.74, 6) is -0.644. The van der Waals surface area contributed by atoms with E-state index in [-0.39, 0.29) is 24.2 Å². The van der Waals surface area contributed by atoms with E-state index in [0.29, 0.717) is 5.82 Å². The number of aliphatic carboxylic acids is 1. The Bertz CT molecular complexity index is 954. The van der Waals surface area contributed by atoms with Crippen LogP contribution < -0.4 is 16.1 Å². The summed E-state index contributed by atoms with van der Waals surface area (Å²) in [4.78, 5) is 38.3. The van der Waals surface area contributed by atoms with Crippen molar-refractivity contribution in [2.45, 2.75) is 6.54 Å². The first kappa shape index (κ1) is 15.8. The Kier molecular flexibility index (Phi) is 3.84. The third-order valence-electron chi connectivity index (χ3n) is 4.10. The van der Waals surface area contributed by atoms with E-state index in [1.54, 1.807) is 19.0 Å². The van der Waals surface area contributed by atoms with Crippen LogP contribution in [0.15, 0.2) is 45.5 Å². The third kappa shape index (κ3) is 2.54. The SMILES string of the molecule is CN1CC(C(=O)O)=Cc2c1n(C)c(=O)n(Cc1ccccc1)c2=O. The van der Waals surface area contributed by atoms with Crippen molar-refractivity contribution in [2.75, 3.05) is 18.5 Å². The van der Waals surface area contributed by atoms with Crippen LogP contribution in [-0.4, -0.2) is 33.8 Å². The minimum atomic E-state index is -1.07. The fourth-order valence-electron chi connectivity index (χ4n) is 2.95. The van der Waals surface area contributed by atoms with Gasteiger partial charge in [-0.25, -0.2) is 9.59 Å². The van der Waals surface area contributed by atoms with Crippen LogP contribution in [0.25, 0.3) is 6.08 Å². The number of likely N-dealkylation sites (N-methyl/N-ethyl adjacent to an activating group) is 1. The first-order chi connectivity index (χ1) is 11.4. The van der Waals surface area contributed by atoms with Crippen molar-refractivity contribution < 1.29 is 9.90 Å². The first-order valence-corrected chi connectivity index (χ1v) is 7.43. The highest BCUT2D eigenvalue weighted by atomic mass is 16.4. The molecule has 1 aliphatic heterocycles. The number of rotatable bonds is 3. The number of hydrogen-bond acceptors (Lipinski definition) is 4. The highest BCUT2D eigenvalue weighted by Gasteiger charge is 2.26. The van der Waals surface area contributed by atoms with Gasteiger partial charge < -0.3 is 10.0 Å². The molecular formula is C17H17N3O4. The molecule has 0 fully saturated rings. The Morgan fingerprint density at radius 3 is 2.46 bits per heavy atom. The lowest BCUT2D eigenvalue weighted by atomic mass is 10.1. The zero-order chi connectivity index (χ0) is 17.4. The lowest BCUT2D eigenvalue weighted by Gasteiger charge is -2.28. The van der Waals surface area contributed by atoms with Gasteiger partial charge in [-0.3, -0.25) is 13.9 Å². The second-order valence-electron chi connectivity index (χ2n) is 5.79. The smallest absolute Gasteiger partial charge is 0.333 e. The summed E-state index contributed by atoms with van der Waals surface area (Å²) in [6, 6.07) is 9.18. The summed E-state index contributed by atoms with van der Waals surface area (Å²) in [5.41, 5.74) is 0.248. The summed E-state index contributed by atoms with van der Waals surface area (Å²) < 4.78 is 2.51. The van der Waals surface area contributed by atoms with Gasteiger partial charge in [-0.15, -0.1) is 0 Å². The molecule has 0 amide bonds. The highest BCUT2D eigenvalue weighted by Crippen LogP contribution is 2.23. The number of fused-ring (bicyclic) bond motifs is 1. The predicted molar refractivity (Wildman–Crippen MR) is 90.4 cm³/mol. The van der Waals surface area contributed by atoms with Gasteiger partial charge in [-0.2, -0.15) is 0 Å². The maximum absolute atomic E-state index is 12.8. The lowest BCUT2D eigenvalue weighted by Crippen LogP contribution is -2.45. The molecule has 0 bridgehead atoms. The molecule has 0 saturated carbocycles. The highest BCUT2D eigenvalue weighted by molar-refractivity contribution is 5.95. The molecule has 0 radical (unpaired) electrons. The first-order valence-electron chi connectivity index (χ1n) is 7.43. The van der Waals surface area contributed by atoms with E-state index in [9.17, 15) is 19.5 Å². The molecule has 124 valence electrons. The van der Waals surface area contributed by atoms with Crippen molar-refractivity contribution in [1.29, 1.82) is 0 Å². The fourth-order valence-corrected chi connectivity index (χ4v) is 2.95. The van der Waals surface area contributed by atoms with Crippen LogP contribution in [-0.2, 0) is 18.4 Å².